The lowest BCUT2D eigenvalue weighted by Gasteiger charge is -2.31. The van der Waals surface area contributed by atoms with Crippen molar-refractivity contribution in [3.05, 3.63) is 42.4 Å². The molecular weight excluding hydrogens is 456 g/mol. The second-order valence-corrected chi connectivity index (χ2v) is 9.16. The number of ether oxygens (including phenoxy) is 1. The highest BCUT2D eigenvalue weighted by molar-refractivity contribution is 6.14. The van der Waals surface area contributed by atoms with E-state index in [4.69, 9.17) is 15.5 Å². The lowest BCUT2D eigenvalue weighted by Crippen LogP contribution is -2.41. The largest absolute Gasteiger partial charge is 0.421 e. The smallest absolute Gasteiger partial charge is 0.326 e. The van der Waals surface area contributed by atoms with E-state index in [2.05, 4.69) is 30.3 Å². The van der Waals surface area contributed by atoms with Crippen molar-refractivity contribution in [3.8, 4) is 11.8 Å². The molecule has 10 nitrogen and oxygen atoms in total. The van der Waals surface area contributed by atoms with Crippen LogP contribution in [0, 0.1) is 17.6 Å². The van der Waals surface area contributed by atoms with Gasteiger partial charge in [0.25, 0.3) is 0 Å². The zero-order valence-corrected chi connectivity index (χ0v) is 18.7. The Labute approximate surface area is 197 Å². The van der Waals surface area contributed by atoms with Crippen molar-refractivity contribution in [1.29, 1.82) is 0 Å². The fraction of sp³-hybridized carbons (Fsp3) is 0.304. The first kappa shape index (κ1) is 20.3. The summed E-state index contributed by atoms with van der Waals surface area (Å²) in [5.74, 6) is 0.469. The summed E-state index contributed by atoms with van der Waals surface area (Å²) in [7, 11) is 1.74. The maximum absolute atomic E-state index is 14.5. The molecule has 2 aliphatic rings. The lowest BCUT2D eigenvalue weighted by molar-refractivity contribution is 0.435. The third-order valence-electron chi connectivity index (χ3n) is 7.12. The van der Waals surface area contributed by atoms with Gasteiger partial charge in [0.1, 0.15) is 17.3 Å². The maximum Gasteiger partial charge on any atom is 0.326 e. The summed E-state index contributed by atoms with van der Waals surface area (Å²) in [5.41, 5.74) is 8.25. The van der Waals surface area contributed by atoms with E-state index in [-0.39, 0.29) is 29.6 Å². The summed E-state index contributed by atoms with van der Waals surface area (Å²) < 4.78 is 35.5. The van der Waals surface area contributed by atoms with Crippen molar-refractivity contribution in [3.63, 3.8) is 0 Å². The Morgan fingerprint density at radius 1 is 1.20 bits per heavy atom. The molecule has 35 heavy (non-hydrogen) atoms. The normalized spacial score (nSPS) is 21.6. The van der Waals surface area contributed by atoms with Crippen LogP contribution >= 0.6 is 0 Å². The Kier molecular flexibility index (Phi) is 4.19. The zero-order chi connectivity index (χ0) is 23.8. The SMILES string of the molecule is CNc1cc(F)cc2c1[nH]c1nc(Oc3cnc4c(F)cnn4c3)nc(N3C[C@H]4C[C@@H]3C[C@H]4N)c12. The Morgan fingerprint density at radius 2 is 2.09 bits per heavy atom. The van der Waals surface area contributed by atoms with Crippen LogP contribution in [-0.2, 0) is 0 Å². The molecule has 5 heterocycles. The number of aromatic amines is 1. The molecule has 1 aromatic carbocycles. The van der Waals surface area contributed by atoms with E-state index in [1.807, 2.05) is 0 Å². The molecule has 4 N–H and O–H groups in total. The Bertz CT molecular complexity index is 1630. The number of fused-ring (bicyclic) bond motifs is 6. The lowest BCUT2D eigenvalue weighted by atomic mass is 10.0. The van der Waals surface area contributed by atoms with E-state index in [0.29, 0.717) is 34.2 Å². The number of hydrogen-bond acceptors (Lipinski definition) is 8. The van der Waals surface area contributed by atoms with E-state index in [1.54, 1.807) is 7.05 Å². The van der Waals surface area contributed by atoms with Gasteiger partial charge in [-0.1, -0.05) is 0 Å². The van der Waals surface area contributed by atoms with Crippen LogP contribution in [0.5, 0.6) is 11.8 Å². The zero-order valence-electron chi connectivity index (χ0n) is 18.7. The molecule has 4 aromatic heterocycles. The van der Waals surface area contributed by atoms with Gasteiger partial charge in [-0.2, -0.15) is 15.1 Å². The van der Waals surface area contributed by atoms with E-state index >= 15 is 0 Å². The highest BCUT2D eigenvalue weighted by Crippen LogP contribution is 2.44. The first-order valence-electron chi connectivity index (χ1n) is 11.4. The molecule has 3 atom stereocenters. The van der Waals surface area contributed by atoms with Crippen LogP contribution in [0.2, 0.25) is 0 Å². The van der Waals surface area contributed by atoms with Crippen LogP contribution < -0.4 is 20.7 Å². The molecule has 1 saturated carbocycles. The van der Waals surface area contributed by atoms with Crippen molar-refractivity contribution in [2.45, 2.75) is 24.9 Å². The first-order valence-corrected chi connectivity index (χ1v) is 11.4. The fourth-order valence-electron chi connectivity index (χ4n) is 5.51. The van der Waals surface area contributed by atoms with Gasteiger partial charge in [0.05, 0.1) is 35.2 Å². The van der Waals surface area contributed by atoms with Crippen LogP contribution in [0.3, 0.4) is 0 Å². The molecule has 0 radical (unpaired) electrons. The molecule has 2 bridgehead atoms. The number of hydrogen-bond donors (Lipinski definition) is 3. The molecule has 0 unspecified atom stereocenters. The monoisotopic (exact) mass is 477 g/mol. The minimum Gasteiger partial charge on any atom is -0.421 e. The number of nitrogens with two attached hydrogens (primary N) is 1. The first-order chi connectivity index (χ1) is 17.0. The molecule has 0 spiro atoms. The summed E-state index contributed by atoms with van der Waals surface area (Å²) in [6.45, 7) is 0.762. The fourth-order valence-corrected chi connectivity index (χ4v) is 5.51. The molecule has 1 aliphatic carbocycles. The number of nitrogens with zero attached hydrogens (tertiary/aromatic N) is 6. The maximum atomic E-state index is 14.5. The van der Waals surface area contributed by atoms with Crippen molar-refractivity contribution in [2.24, 2.45) is 11.7 Å². The van der Waals surface area contributed by atoms with Crippen LogP contribution in [0.1, 0.15) is 12.8 Å². The topological polar surface area (TPSA) is 122 Å². The number of aromatic nitrogens is 6. The molecule has 5 aromatic rings. The summed E-state index contributed by atoms with van der Waals surface area (Å²) in [4.78, 5) is 19.0. The predicted molar refractivity (Wildman–Crippen MR) is 126 cm³/mol. The standard InChI is InChI=1S/C23H21F2N9O/c1-27-17-4-11(24)3-14-18-20(30-19(14)17)31-23(32-22(18)33-8-10-2-12(33)5-16(10)26)35-13-6-28-21-15(25)7-29-34(21)9-13/h3-4,6-7,9-10,12,16,27H,2,5,8,26H2,1H3,(H,30,31,32)/t10-,12-,16-/m1/s1. The summed E-state index contributed by atoms with van der Waals surface area (Å²) in [5, 5.41) is 8.38. The number of H-pyrrole nitrogens is 1. The van der Waals surface area contributed by atoms with Gasteiger partial charge in [-0.25, -0.2) is 18.3 Å². The van der Waals surface area contributed by atoms with Crippen molar-refractivity contribution in [2.75, 3.05) is 23.8 Å². The van der Waals surface area contributed by atoms with Crippen LogP contribution in [-0.4, -0.2) is 55.2 Å². The number of benzene rings is 1. The Morgan fingerprint density at radius 3 is 2.86 bits per heavy atom. The number of rotatable bonds is 4. The van der Waals surface area contributed by atoms with Crippen LogP contribution in [0.15, 0.2) is 30.7 Å². The average molecular weight is 477 g/mol. The number of nitrogens with one attached hydrogen (secondary N) is 2. The molecule has 2 fully saturated rings. The summed E-state index contributed by atoms with van der Waals surface area (Å²) in [6, 6.07) is 3.43. The van der Waals surface area contributed by atoms with Crippen LogP contribution in [0.4, 0.5) is 20.3 Å². The van der Waals surface area contributed by atoms with Gasteiger partial charge in [0.2, 0.25) is 0 Å². The second kappa shape index (κ2) is 7.22. The van der Waals surface area contributed by atoms with Crippen molar-refractivity contribution < 1.29 is 13.5 Å². The molecule has 1 aliphatic heterocycles. The minimum absolute atomic E-state index is 0.0892. The number of piperidine rings is 1. The second-order valence-electron chi connectivity index (χ2n) is 9.16. The molecule has 7 rings (SSSR count). The van der Waals surface area contributed by atoms with Gasteiger partial charge in [0, 0.05) is 31.1 Å². The van der Waals surface area contributed by atoms with Gasteiger partial charge in [-0.3, -0.25) is 0 Å². The van der Waals surface area contributed by atoms with E-state index in [0.717, 1.165) is 36.5 Å². The van der Waals surface area contributed by atoms with Crippen LogP contribution in [0.25, 0.3) is 27.6 Å². The highest BCUT2D eigenvalue weighted by Gasteiger charge is 2.44. The van der Waals surface area contributed by atoms with Gasteiger partial charge >= 0.3 is 6.01 Å². The third-order valence-corrected chi connectivity index (χ3v) is 7.12. The summed E-state index contributed by atoms with van der Waals surface area (Å²) in [6.07, 6.45) is 5.85. The van der Waals surface area contributed by atoms with Gasteiger partial charge in [-0.05, 0) is 30.9 Å². The van der Waals surface area contributed by atoms with Crippen molar-refractivity contribution in [1.82, 2.24) is 29.5 Å². The van der Waals surface area contributed by atoms with Gasteiger partial charge < -0.3 is 25.7 Å². The van der Waals surface area contributed by atoms with E-state index < -0.39 is 5.82 Å². The molecule has 1 saturated heterocycles. The molecule has 178 valence electrons. The van der Waals surface area contributed by atoms with Gasteiger partial charge in [0.15, 0.2) is 17.2 Å². The Balaban J connectivity index is 1.40. The van der Waals surface area contributed by atoms with Crippen molar-refractivity contribution >= 4 is 39.1 Å². The summed E-state index contributed by atoms with van der Waals surface area (Å²) >= 11 is 0. The molecule has 12 heteroatoms. The number of halogens is 2. The average Bonchev–Trinajstić information content (AvgIpc) is 3.60. The predicted octanol–water partition coefficient (Wildman–Crippen LogP) is 3.19. The number of anilines is 2. The highest BCUT2D eigenvalue weighted by atomic mass is 19.1. The third kappa shape index (κ3) is 3.02. The quantitative estimate of drug-likeness (QED) is 0.361. The van der Waals surface area contributed by atoms with E-state index in [1.165, 1.54) is 29.0 Å². The minimum atomic E-state index is -0.524. The molecular formula is C23H21F2N9O. The van der Waals surface area contributed by atoms with Gasteiger partial charge in [-0.15, -0.1) is 0 Å². The Hall–Kier alpha value is -4.06. The van der Waals surface area contributed by atoms with E-state index in [9.17, 15) is 8.78 Å². The molecule has 0 amide bonds.